The van der Waals surface area contributed by atoms with Gasteiger partial charge in [-0.1, -0.05) is 19.8 Å². The maximum atomic E-state index is 13.4. The summed E-state index contributed by atoms with van der Waals surface area (Å²) in [5, 5.41) is 10.8. The number of rotatable bonds is 3. The quantitative estimate of drug-likeness (QED) is 0.633. The van der Waals surface area contributed by atoms with Crippen LogP contribution in [0.1, 0.15) is 49.4 Å². The minimum absolute atomic E-state index is 0.157. The number of hydrogen-bond acceptors (Lipinski definition) is 3. The van der Waals surface area contributed by atoms with Gasteiger partial charge in [-0.15, -0.1) is 0 Å². The number of likely N-dealkylation sites (tertiary alicyclic amines) is 1. The van der Waals surface area contributed by atoms with Crippen molar-refractivity contribution in [3.63, 3.8) is 0 Å². The lowest BCUT2D eigenvalue weighted by Crippen LogP contribution is -2.39. The number of carbonyl (C=O) groups excluding carboxylic acids is 1. The van der Waals surface area contributed by atoms with Gasteiger partial charge >= 0.3 is 5.69 Å². The molecular formula is C15H19FN2O3. The molecule has 0 aliphatic carbocycles. The number of hydrogen-bond donors (Lipinski definition) is 0. The average Bonchev–Trinajstić information content (AvgIpc) is 2.71. The van der Waals surface area contributed by atoms with Crippen molar-refractivity contribution in [2.24, 2.45) is 0 Å². The highest BCUT2D eigenvalue weighted by Gasteiger charge is 2.26. The summed E-state index contributed by atoms with van der Waals surface area (Å²) in [5.74, 6) is -1.16. The first-order valence-electron chi connectivity index (χ1n) is 7.29. The van der Waals surface area contributed by atoms with E-state index in [0.717, 1.165) is 44.2 Å². The van der Waals surface area contributed by atoms with E-state index in [0.29, 0.717) is 6.54 Å². The van der Waals surface area contributed by atoms with Gasteiger partial charge in [0.2, 0.25) is 5.82 Å². The smallest absolute Gasteiger partial charge is 0.305 e. The van der Waals surface area contributed by atoms with Crippen molar-refractivity contribution < 1.29 is 14.1 Å². The molecule has 114 valence electrons. The maximum Gasteiger partial charge on any atom is 0.305 e. The normalized spacial score (nSPS) is 19.1. The Kier molecular flexibility index (Phi) is 4.88. The number of nitro benzene ring substituents is 1. The maximum absolute atomic E-state index is 13.4. The van der Waals surface area contributed by atoms with Crippen LogP contribution in [0.15, 0.2) is 18.2 Å². The molecule has 0 spiro atoms. The van der Waals surface area contributed by atoms with Crippen molar-refractivity contribution in [2.45, 2.75) is 45.1 Å². The Morgan fingerprint density at radius 3 is 2.86 bits per heavy atom. The van der Waals surface area contributed by atoms with Crippen LogP contribution in [0.2, 0.25) is 0 Å². The highest BCUT2D eigenvalue weighted by molar-refractivity contribution is 5.95. The third kappa shape index (κ3) is 3.37. The third-order valence-electron chi connectivity index (χ3n) is 4.00. The molecule has 5 nitrogen and oxygen atoms in total. The summed E-state index contributed by atoms with van der Waals surface area (Å²) in [6.45, 7) is 2.69. The van der Waals surface area contributed by atoms with Crippen LogP contribution in [0.5, 0.6) is 0 Å². The first kappa shape index (κ1) is 15.4. The second-order valence-electron chi connectivity index (χ2n) is 5.33. The van der Waals surface area contributed by atoms with Crippen LogP contribution in [-0.4, -0.2) is 28.3 Å². The van der Waals surface area contributed by atoms with Crippen LogP contribution < -0.4 is 0 Å². The van der Waals surface area contributed by atoms with E-state index in [-0.39, 0.29) is 17.5 Å². The standard InChI is InChI=1S/C15H19FN2O3/c1-2-12-6-4-3-5-9-17(12)15(19)11-7-8-13(16)14(10-11)18(20)21/h7-8,10,12H,2-6,9H2,1H3. The lowest BCUT2D eigenvalue weighted by molar-refractivity contribution is -0.387. The van der Waals surface area contributed by atoms with Crippen molar-refractivity contribution in [1.82, 2.24) is 4.90 Å². The molecule has 0 bridgehead atoms. The van der Waals surface area contributed by atoms with Gasteiger partial charge in [0.25, 0.3) is 5.91 Å². The molecule has 1 amide bonds. The number of nitro groups is 1. The lowest BCUT2D eigenvalue weighted by atomic mass is 10.1. The van der Waals surface area contributed by atoms with Crippen molar-refractivity contribution in [3.05, 3.63) is 39.7 Å². The van der Waals surface area contributed by atoms with E-state index < -0.39 is 16.4 Å². The number of amides is 1. The minimum Gasteiger partial charge on any atom is -0.336 e. The van der Waals surface area contributed by atoms with E-state index in [1.807, 2.05) is 6.92 Å². The molecule has 6 heteroatoms. The molecule has 1 fully saturated rings. The van der Waals surface area contributed by atoms with Gasteiger partial charge in [0.05, 0.1) is 4.92 Å². The molecule has 0 N–H and O–H groups in total. The molecule has 2 rings (SSSR count). The molecule has 1 aliphatic heterocycles. The molecule has 0 saturated carbocycles. The number of halogens is 1. The summed E-state index contributed by atoms with van der Waals surface area (Å²) in [7, 11) is 0. The molecule has 1 aliphatic rings. The largest absolute Gasteiger partial charge is 0.336 e. The zero-order chi connectivity index (χ0) is 15.4. The first-order chi connectivity index (χ1) is 10.0. The Hall–Kier alpha value is -1.98. The van der Waals surface area contributed by atoms with Crippen LogP contribution >= 0.6 is 0 Å². The topological polar surface area (TPSA) is 63.5 Å². The minimum atomic E-state index is -0.917. The van der Waals surface area contributed by atoms with Crippen molar-refractivity contribution in [1.29, 1.82) is 0 Å². The van der Waals surface area contributed by atoms with E-state index in [4.69, 9.17) is 0 Å². The van der Waals surface area contributed by atoms with E-state index in [2.05, 4.69) is 0 Å². The number of nitrogens with zero attached hydrogens (tertiary/aromatic N) is 2. The highest BCUT2D eigenvalue weighted by Crippen LogP contribution is 2.24. The van der Waals surface area contributed by atoms with Crippen molar-refractivity contribution in [3.8, 4) is 0 Å². The Morgan fingerprint density at radius 1 is 1.43 bits per heavy atom. The van der Waals surface area contributed by atoms with Gasteiger partial charge in [0.1, 0.15) is 0 Å². The zero-order valence-electron chi connectivity index (χ0n) is 12.0. The van der Waals surface area contributed by atoms with Gasteiger partial charge in [-0.05, 0) is 31.4 Å². The molecule has 1 heterocycles. The van der Waals surface area contributed by atoms with Crippen LogP contribution in [0, 0.1) is 15.9 Å². The van der Waals surface area contributed by atoms with E-state index >= 15 is 0 Å². The SMILES string of the molecule is CCC1CCCCCN1C(=O)c1ccc(F)c([N+](=O)[O-])c1. The average molecular weight is 294 g/mol. The van der Waals surface area contributed by atoms with Crippen molar-refractivity contribution >= 4 is 11.6 Å². The van der Waals surface area contributed by atoms with Gasteiger partial charge in [-0.25, -0.2) is 0 Å². The van der Waals surface area contributed by atoms with Gasteiger partial charge in [0.15, 0.2) is 0 Å². The van der Waals surface area contributed by atoms with Gasteiger partial charge in [-0.3, -0.25) is 14.9 Å². The Morgan fingerprint density at radius 2 is 2.19 bits per heavy atom. The molecule has 1 unspecified atom stereocenters. The zero-order valence-corrected chi connectivity index (χ0v) is 12.0. The van der Waals surface area contributed by atoms with Gasteiger partial charge in [0, 0.05) is 24.2 Å². The molecule has 1 aromatic carbocycles. The van der Waals surface area contributed by atoms with Gasteiger partial charge < -0.3 is 4.90 Å². The molecule has 21 heavy (non-hydrogen) atoms. The van der Waals surface area contributed by atoms with E-state index in [9.17, 15) is 19.3 Å². The highest BCUT2D eigenvalue weighted by atomic mass is 19.1. The fourth-order valence-electron chi connectivity index (χ4n) is 2.82. The monoisotopic (exact) mass is 294 g/mol. The van der Waals surface area contributed by atoms with E-state index in [1.54, 1.807) is 4.90 Å². The third-order valence-corrected chi connectivity index (χ3v) is 4.00. The first-order valence-corrected chi connectivity index (χ1v) is 7.29. The summed E-state index contributed by atoms with van der Waals surface area (Å²) >= 11 is 0. The van der Waals surface area contributed by atoms with Crippen molar-refractivity contribution in [2.75, 3.05) is 6.54 Å². The predicted molar refractivity (Wildman–Crippen MR) is 76.6 cm³/mol. The second-order valence-corrected chi connectivity index (χ2v) is 5.33. The molecular weight excluding hydrogens is 275 g/mol. The molecule has 1 saturated heterocycles. The van der Waals surface area contributed by atoms with Crippen LogP contribution in [0.25, 0.3) is 0 Å². The second kappa shape index (κ2) is 6.65. The number of carbonyl (C=O) groups is 1. The van der Waals surface area contributed by atoms with Crippen LogP contribution in [0.3, 0.4) is 0 Å². The summed E-state index contributed by atoms with van der Waals surface area (Å²) in [4.78, 5) is 24.4. The number of benzene rings is 1. The fraction of sp³-hybridized carbons (Fsp3) is 0.533. The molecule has 1 atom stereocenters. The Bertz CT molecular complexity index is 548. The van der Waals surface area contributed by atoms with Crippen LogP contribution in [-0.2, 0) is 0 Å². The summed E-state index contributed by atoms with van der Waals surface area (Å²) < 4.78 is 13.4. The molecule has 0 aromatic heterocycles. The molecule has 1 aromatic rings. The lowest BCUT2D eigenvalue weighted by Gasteiger charge is -2.29. The Balaban J connectivity index is 2.29. The summed E-state index contributed by atoms with van der Waals surface area (Å²) in [6, 6.07) is 3.51. The summed E-state index contributed by atoms with van der Waals surface area (Å²) in [6.07, 6.45) is 4.92. The van der Waals surface area contributed by atoms with Crippen LogP contribution in [0.4, 0.5) is 10.1 Å². The summed E-state index contributed by atoms with van der Waals surface area (Å²) in [5.41, 5.74) is -0.466. The predicted octanol–water partition coefficient (Wildman–Crippen LogP) is 3.53. The molecule has 0 radical (unpaired) electrons. The fourth-order valence-corrected chi connectivity index (χ4v) is 2.82. The van der Waals surface area contributed by atoms with E-state index in [1.165, 1.54) is 6.07 Å². The van der Waals surface area contributed by atoms with Gasteiger partial charge in [-0.2, -0.15) is 4.39 Å². The Labute approximate surface area is 122 Å².